The zero-order valence-electron chi connectivity index (χ0n) is 10.1. The molecule has 0 fully saturated rings. The summed E-state index contributed by atoms with van der Waals surface area (Å²) in [5, 5.41) is 8.83. The van der Waals surface area contributed by atoms with Crippen LogP contribution in [0, 0.1) is 6.92 Å². The molecule has 1 atom stereocenters. The normalized spacial score (nSPS) is 13.7. The molecule has 0 heterocycles. The van der Waals surface area contributed by atoms with E-state index in [-0.39, 0.29) is 6.61 Å². The fourth-order valence-electron chi connectivity index (χ4n) is 1.22. The topological polar surface area (TPSA) is 116 Å². The summed E-state index contributed by atoms with van der Waals surface area (Å²) >= 11 is 0. The molecule has 1 unspecified atom stereocenters. The van der Waals surface area contributed by atoms with Gasteiger partial charge in [-0.2, -0.15) is 0 Å². The Morgan fingerprint density at radius 3 is 2.33 bits per heavy atom. The maximum Gasteiger partial charge on any atom is 0.339 e. The predicted molar refractivity (Wildman–Crippen MR) is 64.6 cm³/mol. The molecule has 6 nitrogen and oxygen atoms in total. The van der Waals surface area contributed by atoms with E-state index in [4.69, 9.17) is 21.3 Å². The number of benzene rings is 1. The molecule has 6 heteroatoms. The maximum atomic E-state index is 11.6. The van der Waals surface area contributed by atoms with Crippen LogP contribution in [0.15, 0.2) is 24.3 Å². The Labute approximate surface area is 105 Å². The fourth-order valence-corrected chi connectivity index (χ4v) is 1.22. The number of carboxylic acid groups (broad SMARTS) is 1. The Balaban J connectivity index is 2.66. The Morgan fingerprint density at radius 2 is 1.89 bits per heavy atom. The van der Waals surface area contributed by atoms with Crippen molar-refractivity contribution < 1.29 is 19.4 Å². The van der Waals surface area contributed by atoms with Crippen LogP contribution in [0.1, 0.15) is 11.1 Å². The summed E-state index contributed by atoms with van der Waals surface area (Å²) in [7, 11) is 0. The van der Waals surface area contributed by atoms with Gasteiger partial charge in [0.2, 0.25) is 5.54 Å². The number of carbonyl (C=O) groups excluding carboxylic acids is 1. The molecule has 0 radical (unpaired) electrons. The third kappa shape index (κ3) is 3.06. The van der Waals surface area contributed by atoms with Gasteiger partial charge in [0, 0.05) is 6.54 Å². The molecule has 1 aromatic rings. The lowest BCUT2D eigenvalue weighted by molar-refractivity contribution is -0.161. The van der Waals surface area contributed by atoms with Crippen LogP contribution in [0.4, 0.5) is 0 Å². The van der Waals surface area contributed by atoms with Crippen LogP contribution < -0.4 is 11.5 Å². The molecule has 0 spiro atoms. The van der Waals surface area contributed by atoms with Gasteiger partial charge in [0.1, 0.15) is 6.61 Å². The summed E-state index contributed by atoms with van der Waals surface area (Å²) in [5.41, 5.74) is 10.2. The smallest absolute Gasteiger partial charge is 0.339 e. The predicted octanol–water partition coefficient (Wildman–Crippen LogP) is -0.221. The number of esters is 1. The highest BCUT2D eigenvalue weighted by molar-refractivity contribution is 6.04. The molecular formula is C12H16N2O4. The molecule has 98 valence electrons. The number of nitrogens with two attached hydrogens (primary N) is 2. The first-order chi connectivity index (χ1) is 8.40. The van der Waals surface area contributed by atoms with Gasteiger partial charge in [-0.3, -0.25) is 0 Å². The lowest BCUT2D eigenvalue weighted by atomic mass is 10.0. The average molecular weight is 252 g/mol. The molecule has 0 bridgehead atoms. The number of carbonyl (C=O) groups is 2. The van der Waals surface area contributed by atoms with Crippen molar-refractivity contribution in [2.45, 2.75) is 19.1 Å². The molecule has 0 aliphatic carbocycles. The van der Waals surface area contributed by atoms with E-state index in [9.17, 15) is 9.59 Å². The first-order valence-electron chi connectivity index (χ1n) is 5.35. The second-order valence-electron chi connectivity index (χ2n) is 4.04. The van der Waals surface area contributed by atoms with Crippen LogP contribution in [0.2, 0.25) is 0 Å². The van der Waals surface area contributed by atoms with Crippen molar-refractivity contribution >= 4 is 11.9 Å². The van der Waals surface area contributed by atoms with Crippen LogP contribution in [-0.4, -0.2) is 29.1 Å². The van der Waals surface area contributed by atoms with Gasteiger partial charge in [0.15, 0.2) is 0 Å². The van der Waals surface area contributed by atoms with Crippen LogP contribution in [0.3, 0.4) is 0 Å². The Hall–Kier alpha value is -1.92. The fraction of sp³-hybridized carbons (Fsp3) is 0.333. The minimum Gasteiger partial charge on any atom is -0.479 e. The second-order valence-corrected chi connectivity index (χ2v) is 4.04. The quantitative estimate of drug-likeness (QED) is 0.493. The molecule has 1 aromatic carbocycles. The number of hydrogen-bond acceptors (Lipinski definition) is 5. The second kappa shape index (κ2) is 5.61. The van der Waals surface area contributed by atoms with E-state index in [0.717, 1.165) is 11.1 Å². The Kier molecular flexibility index (Phi) is 4.41. The summed E-state index contributed by atoms with van der Waals surface area (Å²) in [6, 6.07) is 7.28. The van der Waals surface area contributed by atoms with E-state index < -0.39 is 24.0 Å². The Bertz CT molecular complexity index is 444. The third-order valence-electron chi connectivity index (χ3n) is 2.56. The van der Waals surface area contributed by atoms with Gasteiger partial charge in [0.05, 0.1) is 0 Å². The molecule has 0 saturated carbocycles. The Morgan fingerprint density at radius 1 is 1.33 bits per heavy atom. The van der Waals surface area contributed by atoms with Gasteiger partial charge in [-0.25, -0.2) is 9.59 Å². The van der Waals surface area contributed by atoms with Gasteiger partial charge in [-0.1, -0.05) is 29.8 Å². The summed E-state index contributed by atoms with van der Waals surface area (Å²) in [6.45, 7) is 1.37. The molecule has 0 amide bonds. The monoisotopic (exact) mass is 252 g/mol. The van der Waals surface area contributed by atoms with Crippen LogP contribution >= 0.6 is 0 Å². The number of aryl methyl sites for hydroxylation is 1. The lowest BCUT2D eigenvalue weighted by Gasteiger charge is -2.20. The highest BCUT2D eigenvalue weighted by Crippen LogP contribution is 2.08. The largest absolute Gasteiger partial charge is 0.479 e. The zero-order chi connectivity index (χ0) is 13.8. The number of aliphatic carboxylic acids is 1. The van der Waals surface area contributed by atoms with Gasteiger partial charge < -0.3 is 21.3 Å². The van der Waals surface area contributed by atoms with Gasteiger partial charge in [0.25, 0.3) is 0 Å². The van der Waals surface area contributed by atoms with Crippen LogP contribution in [-0.2, 0) is 20.9 Å². The van der Waals surface area contributed by atoms with Crippen molar-refractivity contribution in [3.8, 4) is 0 Å². The highest BCUT2D eigenvalue weighted by Gasteiger charge is 2.42. The summed E-state index contributed by atoms with van der Waals surface area (Å²) in [4.78, 5) is 22.4. The molecular weight excluding hydrogens is 236 g/mol. The summed E-state index contributed by atoms with van der Waals surface area (Å²) < 4.78 is 4.86. The average Bonchev–Trinajstić information content (AvgIpc) is 2.36. The number of carboxylic acids is 1. The SMILES string of the molecule is Cc1ccc(COC(=O)C(N)(CN)C(=O)O)cc1. The van der Waals surface area contributed by atoms with Crippen molar-refractivity contribution in [1.29, 1.82) is 0 Å². The maximum absolute atomic E-state index is 11.6. The van der Waals surface area contributed by atoms with Gasteiger partial charge in [-0.15, -0.1) is 0 Å². The number of ether oxygens (including phenoxy) is 1. The minimum absolute atomic E-state index is 0.0364. The van der Waals surface area contributed by atoms with Gasteiger partial charge in [-0.05, 0) is 12.5 Å². The van der Waals surface area contributed by atoms with E-state index in [2.05, 4.69) is 0 Å². The standard InChI is InChI=1S/C12H16N2O4/c1-8-2-4-9(5-3-8)6-18-11(17)12(14,7-13)10(15)16/h2-5H,6-7,13-14H2,1H3,(H,15,16). The summed E-state index contributed by atoms with van der Waals surface area (Å²) in [5.74, 6) is -2.54. The van der Waals surface area contributed by atoms with Crippen LogP contribution in [0.5, 0.6) is 0 Å². The molecule has 1 rings (SSSR count). The number of rotatable bonds is 5. The zero-order valence-corrected chi connectivity index (χ0v) is 10.1. The minimum atomic E-state index is -2.19. The molecule has 18 heavy (non-hydrogen) atoms. The van der Waals surface area contributed by atoms with E-state index in [1.807, 2.05) is 19.1 Å². The van der Waals surface area contributed by atoms with E-state index >= 15 is 0 Å². The molecule has 0 aliphatic rings. The van der Waals surface area contributed by atoms with Crippen molar-refractivity contribution in [3.63, 3.8) is 0 Å². The molecule has 0 aliphatic heterocycles. The van der Waals surface area contributed by atoms with Crippen LogP contribution in [0.25, 0.3) is 0 Å². The summed E-state index contributed by atoms with van der Waals surface area (Å²) in [6.07, 6.45) is 0. The molecule has 0 saturated heterocycles. The van der Waals surface area contributed by atoms with Crippen molar-refractivity contribution in [2.24, 2.45) is 11.5 Å². The van der Waals surface area contributed by atoms with Crippen molar-refractivity contribution in [1.82, 2.24) is 0 Å². The van der Waals surface area contributed by atoms with Crippen molar-refractivity contribution in [2.75, 3.05) is 6.54 Å². The van der Waals surface area contributed by atoms with E-state index in [1.165, 1.54) is 0 Å². The highest BCUT2D eigenvalue weighted by atomic mass is 16.5. The van der Waals surface area contributed by atoms with E-state index in [1.54, 1.807) is 12.1 Å². The van der Waals surface area contributed by atoms with Gasteiger partial charge >= 0.3 is 11.9 Å². The van der Waals surface area contributed by atoms with E-state index in [0.29, 0.717) is 0 Å². The van der Waals surface area contributed by atoms with Crippen molar-refractivity contribution in [3.05, 3.63) is 35.4 Å². The molecule has 5 N–H and O–H groups in total. The number of hydrogen-bond donors (Lipinski definition) is 3. The molecule has 0 aromatic heterocycles. The lowest BCUT2D eigenvalue weighted by Crippen LogP contribution is -2.60. The first kappa shape index (κ1) is 14.1. The third-order valence-corrected chi connectivity index (χ3v) is 2.56. The first-order valence-corrected chi connectivity index (χ1v) is 5.35.